The summed E-state index contributed by atoms with van der Waals surface area (Å²) in [6.45, 7) is 13.0. The predicted molar refractivity (Wildman–Crippen MR) is 137 cm³/mol. The second kappa shape index (κ2) is 7.23. The second-order valence-corrected chi connectivity index (χ2v) is 9.33. The summed E-state index contributed by atoms with van der Waals surface area (Å²) in [6, 6.07) is 20.6. The van der Waals surface area contributed by atoms with Gasteiger partial charge in [0.15, 0.2) is 0 Å². The summed E-state index contributed by atoms with van der Waals surface area (Å²) >= 11 is 0. The van der Waals surface area contributed by atoms with Crippen molar-refractivity contribution in [2.75, 3.05) is 5.32 Å². The van der Waals surface area contributed by atoms with Crippen molar-refractivity contribution in [3.63, 3.8) is 0 Å². The second-order valence-electron chi connectivity index (χ2n) is 9.33. The third-order valence-electron chi connectivity index (χ3n) is 6.83. The van der Waals surface area contributed by atoms with E-state index < -0.39 is 0 Å². The van der Waals surface area contributed by atoms with Crippen molar-refractivity contribution in [2.24, 2.45) is 0 Å². The molecule has 0 saturated carbocycles. The van der Waals surface area contributed by atoms with E-state index in [-0.39, 0.29) is 11.2 Å². The normalized spacial score (nSPS) is 12.1. The van der Waals surface area contributed by atoms with Crippen molar-refractivity contribution >= 4 is 50.4 Å². The van der Waals surface area contributed by atoms with Gasteiger partial charge in [0.25, 0.3) is 0 Å². The van der Waals surface area contributed by atoms with Crippen LogP contribution in [0.4, 0.5) is 11.4 Å². The average molecular weight is 421 g/mol. The van der Waals surface area contributed by atoms with Gasteiger partial charge in [-0.15, -0.1) is 0 Å². The summed E-state index contributed by atoms with van der Waals surface area (Å²) < 4.78 is 0. The summed E-state index contributed by atoms with van der Waals surface area (Å²) in [5.41, 5.74) is 5.04. The van der Waals surface area contributed by atoms with E-state index in [9.17, 15) is 5.11 Å². The number of hydrogen-bond donors (Lipinski definition) is 2. The summed E-state index contributed by atoms with van der Waals surface area (Å²) in [7, 11) is 0. The van der Waals surface area contributed by atoms with Crippen molar-refractivity contribution in [3.05, 3.63) is 77.1 Å². The lowest BCUT2D eigenvalue weighted by Gasteiger charge is -2.23. The maximum Gasteiger partial charge on any atom is 0.133 e. The standard InChI is InChI=1S/C29H28N2O/c1-6-29(4,5)19-11-13-20(14-12-19)31-24-15-17(2)27-25-23(16-18(3)30-27)21-9-7-8-10-22(21)28(32)26(24)25/h7-16,31-32H,2,6H2,1,3-5H3. The Balaban J connectivity index is 1.76. The maximum atomic E-state index is 11.4. The predicted octanol–water partition coefficient (Wildman–Crippen LogP) is 7.12. The van der Waals surface area contributed by atoms with Crippen LogP contribution in [0.5, 0.6) is 5.75 Å². The van der Waals surface area contributed by atoms with Crippen molar-refractivity contribution in [1.29, 1.82) is 0 Å². The van der Waals surface area contributed by atoms with Gasteiger partial charge in [0.1, 0.15) is 5.75 Å². The van der Waals surface area contributed by atoms with E-state index in [2.05, 4.69) is 69.1 Å². The van der Waals surface area contributed by atoms with Gasteiger partial charge in [0.2, 0.25) is 0 Å². The van der Waals surface area contributed by atoms with Gasteiger partial charge in [-0.05, 0) is 64.6 Å². The Labute approximate surface area is 188 Å². The molecule has 5 rings (SSSR count). The third kappa shape index (κ3) is 3.08. The van der Waals surface area contributed by atoms with Crippen LogP contribution >= 0.6 is 0 Å². The number of phenolic OH excluding ortho intramolecular Hbond substituents is 1. The van der Waals surface area contributed by atoms with Gasteiger partial charge in [-0.3, -0.25) is 4.98 Å². The largest absolute Gasteiger partial charge is 0.507 e. The number of nitrogens with zero attached hydrogens (tertiary/aromatic N) is 1. The number of aromatic hydroxyl groups is 1. The minimum Gasteiger partial charge on any atom is -0.507 e. The molecule has 0 saturated heterocycles. The van der Waals surface area contributed by atoms with Gasteiger partial charge >= 0.3 is 0 Å². The molecule has 160 valence electrons. The fourth-order valence-corrected chi connectivity index (χ4v) is 4.59. The number of aromatic nitrogens is 1. The molecule has 2 N–H and O–H groups in total. The van der Waals surface area contributed by atoms with Gasteiger partial charge in [-0.2, -0.15) is 0 Å². The SMILES string of the molecule is C=c1cc(Nc2ccc(C(C)(C)CC)cc2)c2c(O)c3ccccc3c3cc(C)nc1c23. The first-order valence-electron chi connectivity index (χ1n) is 11.1. The maximum absolute atomic E-state index is 11.4. The van der Waals surface area contributed by atoms with E-state index in [1.165, 1.54) is 5.56 Å². The molecule has 0 fully saturated rings. The monoisotopic (exact) mass is 420 g/mol. The summed E-state index contributed by atoms with van der Waals surface area (Å²) in [4.78, 5) is 4.77. The first kappa shape index (κ1) is 20.3. The number of phenols is 1. The zero-order valence-corrected chi connectivity index (χ0v) is 19.1. The van der Waals surface area contributed by atoms with Gasteiger partial charge in [0.05, 0.1) is 16.6 Å². The van der Waals surface area contributed by atoms with E-state index in [1.807, 2.05) is 31.2 Å². The van der Waals surface area contributed by atoms with Crippen molar-refractivity contribution < 1.29 is 5.11 Å². The topological polar surface area (TPSA) is 45.1 Å². The number of nitrogens with one attached hydrogen (secondary N) is 1. The smallest absolute Gasteiger partial charge is 0.133 e. The van der Waals surface area contributed by atoms with Gasteiger partial charge in [0, 0.05) is 22.2 Å². The quantitative estimate of drug-likeness (QED) is 0.240. The molecule has 0 aliphatic rings. The first-order valence-corrected chi connectivity index (χ1v) is 11.1. The molecule has 3 heteroatoms. The lowest BCUT2D eigenvalue weighted by molar-refractivity contribution is 0.488. The number of aryl methyl sites for hydroxylation is 1. The van der Waals surface area contributed by atoms with Crippen molar-refractivity contribution in [1.82, 2.24) is 4.98 Å². The van der Waals surface area contributed by atoms with Gasteiger partial charge in [-0.1, -0.05) is 63.7 Å². The molecule has 0 aliphatic heterocycles. The van der Waals surface area contributed by atoms with Crippen LogP contribution in [0.3, 0.4) is 0 Å². The molecular weight excluding hydrogens is 392 g/mol. The van der Waals surface area contributed by atoms with E-state index in [4.69, 9.17) is 4.98 Å². The molecule has 1 aromatic heterocycles. The Morgan fingerprint density at radius 3 is 2.31 bits per heavy atom. The molecule has 0 atom stereocenters. The van der Waals surface area contributed by atoms with E-state index in [0.717, 1.165) is 61.2 Å². The Morgan fingerprint density at radius 1 is 0.938 bits per heavy atom. The molecule has 32 heavy (non-hydrogen) atoms. The van der Waals surface area contributed by atoms with Crippen molar-refractivity contribution in [2.45, 2.75) is 39.5 Å². The molecule has 3 nitrogen and oxygen atoms in total. The van der Waals surface area contributed by atoms with Crippen LogP contribution in [0.25, 0.3) is 39.0 Å². The van der Waals surface area contributed by atoms with Crippen molar-refractivity contribution in [3.8, 4) is 5.75 Å². The average Bonchev–Trinajstić information content (AvgIpc) is 2.79. The van der Waals surface area contributed by atoms with Gasteiger partial charge in [-0.25, -0.2) is 0 Å². The van der Waals surface area contributed by atoms with E-state index in [1.54, 1.807) is 0 Å². The Morgan fingerprint density at radius 2 is 1.62 bits per heavy atom. The van der Waals surface area contributed by atoms with E-state index in [0.29, 0.717) is 0 Å². The molecule has 0 bridgehead atoms. The number of anilines is 2. The lowest BCUT2D eigenvalue weighted by atomic mass is 9.82. The lowest BCUT2D eigenvalue weighted by Crippen LogP contribution is -2.15. The zero-order valence-electron chi connectivity index (χ0n) is 19.1. The minimum absolute atomic E-state index is 0.141. The van der Waals surface area contributed by atoms with Crippen LogP contribution in [0, 0.1) is 6.92 Å². The Kier molecular flexibility index (Phi) is 4.59. The molecular formula is C29H28N2O. The minimum atomic E-state index is 0.141. The van der Waals surface area contributed by atoms with Crippen LogP contribution in [0.15, 0.2) is 60.7 Å². The number of pyridine rings is 1. The zero-order chi connectivity index (χ0) is 22.6. The highest BCUT2D eigenvalue weighted by Gasteiger charge is 2.19. The summed E-state index contributed by atoms with van der Waals surface area (Å²) in [5, 5.41) is 20.4. The molecule has 0 radical (unpaired) electrons. The van der Waals surface area contributed by atoms with Crippen LogP contribution in [-0.4, -0.2) is 10.1 Å². The first-order chi connectivity index (χ1) is 15.3. The van der Waals surface area contributed by atoms with Crippen LogP contribution in [0.2, 0.25) is 0 Å². The van der Waals surface area contributed by atoms with E-state index >= 15 is 0 Å². The number of fused-ring (bicyclic) bond motifs is 2. The van der Waals surface area contributed by atoms with Gasteiger partial charge < -0.3 is 10.4 Å². The number of benzene rings is 4. The molecule has 0 aliphatic carbocycles. The molecule has 5 aromatic rings. The summed E-state index contributed by atoms with van der Waals surface area (Å²) in [6.07, 6.45) is 1.08. The number of hydrogen-bond acceptors (Lipinski definition) is 3. The highest BCUT2D eigenvalue weighted by Crippen LogP contribution is 2.43. The molecule has 0 amide bonds. The third-order valence-corrected chi connectivity index (χ3v) is 6.83. The van der Waals surface area contributed by atoms with Crippen LogP contribution in [-0.2, 0) is 5.41 Å². The van der Waals surface area contributed by atoms with Crippen LogP contribution < -0.4 is 10.5 Å². The summed E-state index contributed by atoms with van der Waals surface area (Å²) in [5.74, 6) is 0.273. The fraction of sp³-hybridized carbons (Fsp3) is 0.207. The Hall–Kier alpha value is -3.59. The van der Waals surface area contributed by atoms with Crippen LogP contribution in [0.1, 0.15) is 38.4 Å². The fourth-order valence-electron chi connectivity index (χ4n) is 4.59. The molecule has 1 heterocycles. The highest BCUT2D eigenvalue weighted by molar-refractivity contribution is 6.26. The molecule has 4 aromatic carbocycles. The Bertz CT molecular complexity index is 1530. The molecule has 0 unspecified atom stereocenters. The highest BCUT2D eigenvalue weighted by atomic mass is 16.3. The molecule has 0 spiro atoms. The number of rotatable bonds is 4.